The van der Waals surface area contributed by atoms with Crippen LogP contribution in [0, 0.1) is 0 Å². The number of hydrogen-bond donors (Lipinski definition) is 1. The second-order valence-corrected chi connectivity index (χ2v) is 3.32. The van der Waals surface area contributed by atoms with E-state index in [-0.39, 0.29) is 24.5 Å². The Balaban J connectivity index is 2.30. The molecule has 13 heavy (non-hydrogen) atoms. The number of carbonyl (C=O) groups excluding carboxylic acids is 2. The van der Waals surface area contributed by atoms with Gasteiger partial charge in [-0.1, -0.05) is 4.49 Å². The standard InChI is InChI=1S/C7H9N3O2S/c1-5(11)2-3-6(12)9-7-4-8-10-13-7/h4H,2-3H2,1H3,(H,9,12). The Morgan fingerprint density at radius 3 is 2.85 bits per heavy atom. The first-order chi connectivity index (χ1) is 6.18. The molecule has 1 aromatic rings. The predicted molar refractivity (Wildman–Crippen MR) is 48.5 cm³/mol. The number of rotatable bonds is 4. The molecule has 1 aromatic heterocycles. The minimum absolute atomic E-state index is 0.0116. The smallest absolute Gasteiger partial charge is 0.225 e. The van der Waals surface area contributed by atoms with E-state index >= 15 is 0 Å². The first-order valence-electron chi connectivity index (χ1n) is 3.75. The molecule has 6 heteroatoms. The van der Waals surface area contributed by atoms with Crippen molar-refractivity contribution in [3.05, 3.63) is 6.20 Å². The highest BCUT2D eigenvalue weighted by Gasteiger charge is 2.04. The summed E-state index contributed by atoms with van der Waals surface area (Å²) < 4.78 is 3.58. The summed E-state index contributed by atoms with van der Waals surface area (Å²) in [5.41, 5.74) is 0. The van der Waals surface area contributed by atoms with E-state index in [9.17, 15) is 9.59 Å². The number of carbonyl (C=O) groups is 2. The lowest BCUT2D eigenvalue weighted by Gasteiger charge is -1.98. The number of amides is 1. The molecule has 0 spiro atoms. The van der Waals surface area contributed by atoms with E-state index in [1.165, 1.54) is 13.1 Å². The van der Waals surface area contributed by atoms with Crippen molar-refractivity contribution in [1.82, 2.24) is 9.59 Å². The van der Waals surface area contributed by atoms with Gasteiger partial charge in [0.25, 0.3) is 0 Å². The number of nitrogens with zero attached hydrogens (tertiary/aromatic N) is 2. The minimum atomic E-state index is -0.179. The van der Waals surface area contributed by atoms with Gasteiger partial charge in [-0.25, -0.2) is 0 Å². The van der Waals surface area contributed by atoms with Gasteiger partial charge in [0.2, 0.25) is 5.91 Å². The van der Waals surface area contributed by atoms with Crippen molar-refractivity contribution in [2.75, 3.05) is 5.32 Å². The maximum atomic E-state index is 11.1. The van der Waals surface area contributed by atoms with Gasteiger partial charge in [-0.2, -0.15) is 0 Å². The third kappa shape index (κ3) is 3.75. The van der Waals surface area contributed by atoms with E-state index in [0.29, 0.717) is 5.00 Å². The van der Waals surface area contributed by atoms with Crippen molar-refractivity contribution >= 4 is 28.2 Å². The number of aromatic nitrogens is 2. The molecule has 1 rings (SSSR count). The van der Waals surface area contributed by atoms with Crippen LogP contribution in [0.25, 0.3) is 0 Å². The molecular weight excluding hydrogens is 190 g/mol. The fourth-order valence-electron chi connectivity index (χ4n) is 0.712. The maximum Gasteiger partial charge on any atom is 0.225 e. The highest BCUT2D eigenvalue weighted by molar-refractivity contribution is 7.10. The molecule has 0 atom stereocenters. The number of hydrogen-bond acceptors (Lipinski definition) is 5. The summed E-state index contributed by atoms with van der Waals surface area (Å²) in [4.78, 5) is 21.7. The summed E-state index contributed by atoms with van der Waals surface area (Å²) in [6, 6.07) is 0. The Bertz CT molecular complexity index is 297. The number of nitrogens with one attached hydrogen (secondary N) is 1. The summed E-state index contributed by atoms with van der Waals surface area (Å²) in [6.45, 7) is 1.46. The van der Waals surface area contributed by atoms with Crippen molar-refractivity contribution in [1.29, 1.82) is 0 Å². The van der Waals surface area contributed by atoms with Crippen molar-refractivity contribution < 1.29 is 9.59 Å². The second kappa shape index (κ2) is 4.66. The molecule has 0 radical (unpaired) electrons. The zero-order valence-corrected chi connectivity index (χ0v) is 7.93. The largest absolute Gasteiger partial charge is 0.315 e. The first-order valence-corrected chi connectivity index (χ1v) is 4.52. The Kier molecular flexibility index (Phi) is 3.51. The molecule has 0 aliphatic heterocycles. The number of Topliss-reactive ketones (excluding diaryl/α,β-unsaturated/α-hetero) is 1. The average molecular weight is 199 g/mol. The summed E-state index contributed by atoms with van der Waals surface area (Å²) in [5, 5.41) is 6.74. The van der Waals surface area contributed by atoms with Crippen LogP contribution >= 0.6 is 11.5 Å². The Labute approximate surface area is 79.3 Å². The number of anilines is 1. The fraction of sp³-hybridized carbons (Fsp3) is 0.429. The number of ketones is 1. The van der Waals surface area contributed by atoms with Gasteiger partial charge in [-0.05, 0) is 6.92 Å². The van der Waals surface area contributed by atoms with Crippen LogP contribution < -0.4 is 5.32 Å². The normalized spacial score (nSPS) is 9.62. The van der Waals surface area contributed by atoms with Crippen LogP contribution in [-0.2, 0) is 9.59 Å². The highest BCUT2D eigenvalue weighted by atomic mass is 32.1. The molecule has 0 aliphatic rings. The SMILES string of the molecule is CC(=O)CCC(=O)Nc1cnns1. The van der Waals surface area contributed by atoms with Gasteiger partial charge in [0.05, 0.1) is 6.20 Å². The molecule has 1 amide bonds. The van der Waals surface area contributed by atoms with Gasteiger partial charge >= 0.3 is 0 Å². The Morgan fingerprint density at radius 2 is 2.31 bits per heavy atom. The van der Waals surface area contributed by atoms with E-state index in [2.05, 4.69) is 14.9 Å². The summed E-state index contributed by atoms with van der Waals surface area (Å²) in [7, 11) is 0. The lowest BCUT2D eigenvalue weighted by atomic mass is 10.2. The van der Waals surface area contributed by atoms with Crippen LogP contribution in [0.15, 0.2) is 6.20 Å². The second-order valence-electron chi connectivity index (χ2n) is 2.53. The van der Waals surface area contributed by atoms with Gasteiger partial charge in [0.1, 0.15) is 10.8 Å². The maximum absolute atomic E-state index is 11.1. The van der Waals surface area contributed by atoms with Crippen molar-refractivity contribution in [2.24, 2.45) is 0 Å². The van der Waals surface area contributed by atoms with Crippen LogP contribution in [-0.4, -0.2) is 21.3 Å². The van der Waals surface area contributed by atoms with E-state index in [0.717, 1.165) is 11.5 Å². The van der Waals surface area contributed by atoms with Gasteiger partial charge < -0.3 is 10.1 Å². The third-order valence-electron chi connectivity index (χ3n) is 1.33. The van der Waals surface area contributed by atoms with Gasteiger partial charge in [0.15, 0.2) is 0 Å². The van der Waals surface area contributed by atoms with Crippen LogP contribution in [0.3, 0.4) is 0 Å². The minimum Gasteiger partial charge on any atom is -0.315 e. The quantitative estimate of drug-likeness (QED) is 0.780. The van der Waals surface area contributed by atoms with Crippen molar-refractivity contribution in [3.8, 4) is 0 Å². The molecule has 0 aliphatic carbocycles. The fourth-order valence-corrected chi connectivity index (χ4v) is 1.15. The Hall–Kier alpha value is -1.30. The molecule has 0 saturated carbocycles. The molecule has 0 unspecified atom stereocenters. The van der Waals surface area contributed by atoms with E-state index in [1.54, 1.807) is 0 Å². The van der Waals surface area contributed by atoms with E-state index in [4.69, 9.17) is 0 Å². The molecule has 1 heterocycles. The van der Waals surface area contributed by atoms with Crippen LogP contribution in [0.4, 0.5) is 5.00 Å². The molecule has 5 nitrogen and oxygen atoms in total. The van der Waals surface area contributed by atoms with Crippen LogP contribution in [0.2, 0.25) is 0 Å². The predicted octanol–water partition coefficient (Wildman–Crippen LogP) is 0.846. The lowest BCUT2D eigenvalue weighted by Crippen LogP contribution is -2.11. The molecule has 0 saturated heterocycles. The van der Waals surface area contributed by atoms with Crippen LogP contribution in [0.5, 0.6) is 0 Å². The van der Waals surface area contributed by atoms with Crippen molar-refractivity contribution in [3.63, 3.8) is 0 Å². The summed E-state index contributed by atoms with van der Waals surface area (Å²) >= 11 is 1.11. The molecular formula is C7H9N3O2S. The zero-order chi connectivity index (χ0) is 9.68. The topological polar surface area (TPSA) is 72.0 Å². The van der Waals surface area contributed by atoms with Crippen LogP contribution in [0.1, 0.15) is 19.8 Å². The van der Waals surface area contributed by atoms with Gasteiger partial charge in [0, 0.05) is 24.4 Å². The summed E-state index contributed by atoms with van der Waals surface area (Å²) in [6.07, 6.45) is 1.96. The van der Waals surface area contributed by atoms with Gasteiger partial charge in [-0.3, -0.25) is 4.79 Å². The molecule has 0 aromatic carbocycles. The monoisotopic (exact) mass is 199 g/mol. The Morgan fingerprint density at radius 1 is 1.54 bits per heavy atom. The first kappa shape index (κ1) is 9.79. The third-order valence-corrected chi connectivity index (χ3v) is 1.91. The molecule has 0 bridgehead atoms. The van der Waals surface area contributed by atoms with E-state index < -0.39 is 0 Å². The average Bonchev–Trinajstić information content (AvgIpc) is 2.53. The van der Waals surface area contributed by atoms with Gasteiger partial charge in [-0.15, -0.1) is 5.10 Å². The van der Waals surface area contributed by atoms with E-state index in [1.807, 2.05) is 0 Å². The molecule has 70 valence electrons. The zero-order valence-electron chi connectivity index (χ0n) is 7.11. The molecule has 0 fully saturated rings. The molecule has 1 N–H and O–H groups in total. The van der Waals surface area contributed by atoms with Crippen molar-refractivity contribution in [2.45, 2.75) is 19.8 Å². The highest BCUT2D eigenvalue weighted by Crippen LogP contribution is 2.09. The summed E-state index contributed by atoms with van der Waals surface area (Å²) in [5.74, 6) is -0.168. The lowest BCUT2D eigenvalue weighted by molar-refractivity contribution is -0.121.